The van der Waals surface area contributed by atoms with Crippen molar-refractivity contribution in [2.75, 3.05) is 13.2 Å². The van der Waals surface area contributed by atoms with Crippen molar-refractivity contribution in [3.8, 4) is 17.5 Å². The van der Waals surface area contributed by atoms with E-state index in [9.17, 15) is 14.0 Å². The van der Waals surface area contributed by atoms with Crippen molar-refractivity contribution in [1.29, 1.82) is 5.26 Å². The van der Waals surface area contributed by atoms with E-state index in [0.29, 0.717) is 43.7 Å². The third kappa shape index (κ3) is 5.13. The molecule has 1 amide bonds. The van der Waals surface area contributed by atoms with Gasteiger partial charge in [-0.1, -0.05) is 0 Å². The number of aryl methyl sites for hydroxylation is 1. The molecule has 2 aromatic heterocycles. The lowest BCUT2D eigenvalue weighted by molar-refractivity contribution is -0.183. The van der Waals surface area contributed by atoms with Gasteiger partial charge < -0.3 is 9.30 Å². The normalized spacial score (nSPS) is 21.5. The van der Waals surface area contributed by atoms with Crippen LogP contribution in [-0.2, 0) is 16.7 Å². The molecule has 2 fully saturated rings. The zero-order chi connectivity index (χ0) is 25.9. The zero-order valence-corrected chi connectivity index (χ0v) is 20.5. The molecule has 3 heterocycles. The van der Waals surface area contributed by atoms with Crippen molar-refractivity contribution in [3.05, 3.63) is 76.5 Å². The molecule has 1 saturated carbocycles. The predicted molar refractivity (Wildman–Crippen MR) is 131 cm³/mol. The molecule has 1 saturated heterocycles. The van der Waals surface area contributed by atoms with Gasteiger partial charge in [0.05, 0.1) is 30.5 Å². The Hall–Kier alpha value is -3.97. The van der Waals surface area contributed by atoms with Crippen LogP contribution in [0.2, 0.25) is 0 Å². The van der Waals surface area contributed by atoms with Crippen LogP contribution >= 0.6 is 0 Å². The average molecular weight is 506 g/mol. The summed E-state index contributed by atoms with van der Waals surface area (Å²) in [6, 6.07) is 8.09. The Morgan fingerprint density at radius 3 is 2.70 bits per heavy atom. The number of carbonyl (C=O) groups excluding carboxylic acids is 1. The summed E-state index contributed by atoms with van der Waals surface area (Å²) in [6.45, 7) is 0.803. The molecule has 0 unspecified atom stereocenters. The Morgan fingerprint density at radius 2 is 2.00 bits per heavy atom. The molecule has 0 spiro atoms. The van der Waals surface area contributed by atoms with E-state index in [2.05, 4.69) is 11.1 Å². The average Bonchev–Trinajstić information content (AvgIpc) is 3.55. The molecule has 0 bridgehead atoms. The van der Waals surface area contributed by atoms with E-state index in [1.54, 1.807) is 43.8 Å². The molecule has 10 heteroatoms. The standard InChI is InChI=1S/C27H28FN5O4/c1-31-9-10-32(27(31)35)22-6-7-25(23(28)13-22)36-17-18-2-4-20(5-3-18)26(34)33-24(8-11-37-33)21-12-19(14-29)15-30-16-21/h6-7,9-10,12-13,15-16,18,20,24H,2-5,8,11,17H2,1H3/t18-,20-,24-/m0/s1. The number of carbonyl (C=O) groups is 1. The number of halogens is 1. The van der Waals surface area contributed by atoms with Crippen molar-refractivity contribution in [1.82, 2.24) is 19.2 Å². The number of hydrogen-bond donors (Lipinski definition) is 0. The lowest BCUT2D eigenvalue weighted by Gasteiger charge is -2.31. The number of hydroxylamine groups is 2. The first-order chi connectivity index (χ1) is 17.9. The number of nitrogens with zero attached hydrogens (tertiary/aromatic N) is 5. The molecular formula is C27H28FN5O4. The molecule has 2 aliphatic rings. The monoisotopic (exact) mass is 505 g/mol. The first kappa shape index (κ1) is 24.7. The summed E-state index contributed by atoms with van der Waals surface area (Å²) >= 11 is 0. The molecule has 9 nitrogen and oxygen atoms in total. The van der Waals surface area contributed by atoms with E-state index in [1.807, 2.05) is 0 Å². The number of ether oxygens (including phenoxy) is 1. The molecule has 1 aliphatic heterocycles. The predicted octanol–water partition coefficient (Wildman–Crippen LogP) is 3.67. The summed E-state index contributed by atoms with van der Waals surface area (Å²) in [4.78, 5) is 35.2. The highest BCUT2D eigenvalue weighted by atomic mass is 19.1. The minimum absolute atomic E-state index is 0.0398. The van der Waals surface area contributed by atoms with E-state index in [1.165, 1.54) is 26.5 Å². The van der Waals surface area contributed by atoms with Crippen LogP contribution in [0.25, 0.3) is 5.69 Å². The van der Waals surface area contributed by atoms with Gasteiger partial charge in [0.2, 0.25) is 5.91 Å². The van der Waals surface area contributed by atoms with Crippen molar-refractivity contribution in [2.24, 2.45) is 18.9 Å². The number of aromatic nitrogens is 3. The number of rotatable bonds is 6. The van der Waals surface area contributed by atoms with Crippen LogP contribution in [0.3, 0.4) is 0 Å². The van der Waals surface area contributed by atoms with Gasteiger partial charge >= 0.3 is 5.69 Å². The van der Waals surface area contributed by atoms with Crippen LogP contribution in [-0.4, -0.2) is 38.3 Å². The first-order valence-corrected chi connectivity index (χ1v) is 12.4. The molecule has 1 atom stereocenters. The van der Waals surface area contributed by atoms with Crippen molar-refractivity contribution < 1.29 is 18.8 Å². The number of benzene rings is 1. The highest BCUT2D eigenvalue weighted by molar-refractivity contribution is 5.78. The third-order valence-electron chi connectivity index (χ3n) is 7.21. The fourth-order valence-corrected chi connectivity index (χ4v) is 5.07. The van der Waals surface area contributed by atoms with E-state index >= 15 is 0 Å². The Balaban J connectivity index is 1.15. The van der Waals surface area contributed by atoms with Gasteiger partial charge in [0.15, 0.2) is 11.6 Å². The van der Waals surface area contributed by atoms with E-state index in [4.69, 9.17) is 14.8 Å². The Kier molecular flexibility index (Phi) is 7.06. The van der Waals surface area contributed by atoms with E-state index in [-0.39, 0.29) is 35.2 Å². The lowest BCUT2D eigenvalue weighted by atomic mass is 9.81. The van der Waals surface area contributed by atoms with Crippen LogP contribution < -0.4 is 10.4 Å². The Morgan fingerprint density at radius 1 is 1.19 bits per heavy atom. The second-order valence-corrected chi connectivity index (χ2v) is 9.63. The van der Waals surface area contributed by atoms with Gasteiger partial charge in [-0.2, -0.15) is 5.26 Å². The maximum Gasteiger partial charge on any atom is 0.332 e. The molecule has 0 radical (unpaired) electrons. The highest BCUT2D eigenvalue weighted by Gasteiger charge is 2.37. The summed E-state index contributed by atoms with van der Waals surface area (Å²) < 4.78 is 23.2. The molecule has 192 valence electrons. The maximum atomic E-state index is 14.7. The van der Waals surface area contributed by atoms with Crippen LogP contribution in [0.5, 0.6) is 5.75 Å². The van der Waals surface area contributed by atoms with Crippen molar-refractivity contribution in [3.63, 3.8) is 0 Å². The van der Waals surface area contributed by atoms with Crippen molar-refractivity contribution in [2.45, 2.75) is 38.1 Å². The number of amides is 1. The molecule has 3 aromatic rings. The molecule has 0 N–H and O–H groups in total. The zero-order valence-electron chi connectivity index (χ0n) is 20.5. The van der Waals surface area contributed by atoms with Gasteiger partial charge in [-0.05, 0) is 55.4 Å². The van der Waals surface area contributed by atoms with Crippen LogP contribution in [0.1, 0.15) is 49.3 Å². The number of pyridine rings is 1. The second kappa shape index (κ2) is 10.6. The molecule has 1 aromatic carbocycles. The summed E-state index contributed by atoms with van der Waals surface area (Å²) in [5, 5.41) is 10.6. The maximum absolute atomic E-state index is 14.7. The van der Waals surface area contributed by atoms with E-state index in [0.717, 1.165) is 18.4 Å². The van der Waals surface area contributed by atoms with Crippen molar-refractivity contribution >= 4 is 5.91 Å². The molecule has 1 aliphatic carbocycles. The SMILES string of the molecule is Cn1ccn(-c2ccc(OC[C@H]3CC[C@H](C(=O)N4OCC[C@H]4c4cncc(C#N)c4)CC3)c(F)c2)c1=O. The topological polar surface area (TPSA) is 102 Å². The summed E-state index contributed by atoms with van der Waals surface area (Å²) in [5.74, 6) is -0.352. The largest absolute Gasteiger partial charge is 0.490 e. The number of nitriles is 1. The van der Waals surface area contributed by atoms with Gasteiger partial charge in [-0.15, -0.1) is 0 Å². The number of imidazole rings is 1. The molecule has 5 rings (SSSR count). The summed E-state index contributed by atoms with van der Waals surface area (Å²) in [6.07, 6.45) is 10.0. The van der Waals surface area contributed by atoms with Gasteiger partial charge in [0.25, 0.3) is 0 Å². The van der Waals surface area contributed by atoms with Crippen LogP contribution in [0, 0.1) is 29.0 Å². The molecule has 37 heavy (non-hydrogen) atoms. The quantitative estimate of drug-likeness (QED) is 0.507. The highest BCUT2D eigenvalue weighted by Crippen LogP contribution is 2.36. The van der Waals surface area contributed by atoms with Gasteiger partial charge in [0, 0.05) is 50.2 Å². The minimum atomic E-state index is -0.524. The van der Waals surface area contributed by atoms with E-state index < -0.39 is 5.82 Å². The van der Waals surface area contributed by atoms with Gasteiger partial charge in [-0.25, -0.2) is 14.2 Å². The first-order valence-electron chi connectivity index (χ1n) is 12.4. The fourth-order valence-electron chi connectivity index (χ4n) is 5.07. The summed E-state index contributed by atoms with van der Waals surface area (Å²) in [5.41, 5.74) is 1.44. The minimum Gasteiger partial charge on any atom is -0.490 e. The third-order valence-corrected chi connectivity index (χ3v) is 7.21. The van der Waals surface area contributed by atoms with Crippen LogP contribution in [0.4, 0.5) is 4.39 Å². The Labute approximate surface area is 213 Å². The van der Waals surface area contributed by atoms with Crippen LogP contribution in [0.15, 0.2) is 53.8 Å². The van der Waals surface area contributed by atoms with Gasteiger partial charge in [-0.3, -0.25) is 19.2 Å². The fraction of sp³-hybridized carbons (Fsp3) is 0.407. The summed E-state index contributed by atoms with van der Waals surface area (Å²) in [7, 11) is 1.64. The van der Waals surface area contributed by atoms with Gasteiger partial charge in [0.1, 0.15) is 6.07 Å². The lowest BCUT2D eigenvalue weighted by Crippen LogP contribution is -2.37. The number of hydrogen-bond acceptors (Lipinski definition) is 6. The smallest absolute Gasteiger partial charge is 0.332 e. The molecular weight excluding hydrogens is 477 g/mol. The second-order valence-electron chi connectivity index (χ2n) is 9.63. The Bertz CT molecular complexity index is 1390.